The number of ketones is 1. The molecule has 2 bridgehead atoms. The average Bonchev–Trinajstić information content (AvgIpc) is 3.67. The molecule has 0 spiro atoms. The second-order valence-corrected chi connectivity index (χ2v) is 11.9. The van der Waals surface area contributed by atoms with Crippen molar-refractivity contribution < 1.29 is 28.7 Å². The first-order valence-corrected chi connectivity index (χ1v) is 14.4. The Morgan fingerprint density at radius 1 is 0.810 bits per heavy atom. The number of rotatable bonds is 7. The molecule has 42 heavy (non-hydrogen) atoms. The lowest BCUT2D eigenvalue weighted by Gasteiger charge is -2.31. The topological polar surface area (TPSA) is 101 Å². The molecule has 1 heterocycles. The predicted octanol–water partition coefficient (Wildman–Crippen LogP) is 5.79. The molecular weight excluding hydrogens is 579 g/mol. The number of hydrazine groups is 1. The fourth-order valence-electron chi connectivity index (χ4n) is 6.43. The van der Waals surface area contributed by atoms with Crippen molar-refractivity contribution in [2.45, 2.75) is 26.2 Å². The fraction of sp³-hybridized carbons (Fsp3) is 0.281. The number of Topliss-reactive ketones (excluding diaryl/α,β-unsaturated/α-hetero) is 1. The maximum atomic E-state index is 13.8. The zero-order valence-corrected chi connectivity index (χ0v) is 24.1. The highest BCUT2D eigenvalue weighted by molar-refractivity contribution is 6.42. The van der Waals surface area contributed by atoms with E-state index in [1.165, 1.54) is 42.5 Å². The van der Waals surface area contributed by atoms with Crippen LogP contribution in [-0.4, -0.2) is 46.0 Å². The summed E-state index contributed by atoms with van der Waals surface area (Å²) in [4.78, 5) is 66.9. The first-order valence-electron chi connectivity index (χ1n) is 13.7. The minimum absolute atomic E-state index is 0.0798. The zero-order chi connectivity index (χ0) is 29.7. The Labute approximate surface area is 252 Å². The summed E-state index contributed by atoms with van der Waals surface area (Å²) in [5.74, 6) is -3.18. The summed E-state index contributed by atoms with van der Waals surface area (Å²) in [7, 11) is 0. The van der Waals surface area contributed by atoms with Gasteiger partial charge in [-0.25, -0.2) is 9.80 Å². The highest BCUT2D eigenvalue weighted by atomic mass is 35.5. The molecule has 3 aromatic rings. The molecule has 2 aliphatic carbocycles. The molecule has 3 fully saturated rings. The Bertz CT molecular complexity index is 1590. The molecule has 1 saturated heterocycles. The number of amides is 3. The Balaban J connectivity index is 1.24. The first kappa shape index (κ1) is 28.1. The largest absolute Gasteiger partial charge is 0.423 e. The number of carbonyl (C=O) groups is 5. The summed E-state index contributed by atoms with van der Waals surface area (Å²) >= 11 is 12.2. The minimum atomic E-state index is -0.723. The number of fused-ring (bicyclic) bond motifs is 5. The van der Waals surface area contributed by atoms with Crippen LogP contribution in [-0.2, 0) is 9.59 Å². The van der Waals surface area contributed by atoms with Crippen LogP contribution in [0.15, 0.2) is 66.7 Å². The lowest BCUT2D eigenvalue weighted by Crippen LogP contribution is -2.52. The van der Waals surface area contributed by atoms with Crippen molar-refractivity contribution >= 4 is 52.7 Å². The van der Waals surface area contributed by atoms with Gasteiger partial charge in [0.05, 0.1) is 27.4 Å². The minimum Gasteiger partial charge on any atom is -0.423 e. The van der Waals surface area contributed by atoms with Crippen molar-refractivity contribution in [2.75, 3.05) is 6.54 Å². The van der Waals surface area contributed by atoms with Gasteiger partial charge in [-0.2, -0.15) is 5.01 Å². The van der Waals surface area contributed by atoms with Crippen LogP contribution in [0.1, 0.15) is 55.9 Å². The normalized spacial score (nSPS) is 22.3. The highest BCUT2D eigenvalue weighted by Gasteiger charge is 2.62. The lowest BCUT2D eigenvalue weighted by atomic mass is 9.81. The van der Waals surface area contributed by atoms with Crippen LogP contribution in [0.2, 0.25) is 10.0 Å². The predicted molar refractivity (Wildman–Crippen MR) is 154 cm³/mol. The van der Waals surface area contributed by atoms with Gasteiger partial charge in [0.15, 0.2) is 5.78 Å². The molecule has 0 aromatic heterocycles. The van der Waals surface area contributed by atoms with Gasteiger partial charge in [-0.3, -0.25) is 19.2 Å². The van der Waals surface area contributed by atoms with Crippen LogP contribution >= 0.6 is 23.2 Å². The van der Waals surface area contributed by atoms with Gasteiger partial charge in [0.1, 0.15) is 12.3 Å². The van der Waals surface area contributed by atoms with E-state index in [9.17, 15) is 24.0 Å². The summed E-state index contributed by atoms with van der Waals surface area (Å²) < 4.78 is 5.42. The standard InChI is InChI=1S/C32H26Cl2N2O6/c1-17-2-4-19(5-3-17)32(41)42-23-11-8-18(9-12-23)26(37)16-35(29(38)22-10-13-24(33)25(34)15-22)36-30(39)27-20-6-7-21(14-20)28(27)31(36)40/h2-5,8-13,15,20-21,27-28H,6-7,14,16H2,1H3/t20-,21-,27-,28+/m0/s1. The number of ether oxygens (including phenoxy) is 1. The summed E-state index contributed by atoms with van der Waals surface area (Å²) in [5.41, 5.74) is 1.68. The number of hydrogen-bond donors (Lipinski definition) is 0. The van der Waals surface area contributed by atoms with Crippen LogP contribution < -0.4 is 4.74 Å². The molecule has 3 aliphatic rings. The van der Waals surface area contributed by atoms with Crippen LogP contribution in [0, 0.1) is 30.6 Å². The molecule has 3 aromatic carbocycles. The molecule has 2 saturated carbocycles. The quantitative estimate of drug-likeness (QED) is 0.146. The van der Waals surface area contributed by atoms with Crippen LogP contribution in [0.5, 0.6) is 5.75 Å². The average molecular weight is 605 g/mol. The molecule has 6 rings (SSSR count). The number of carbonyl (C=O) groups excluding carboxylic acids is 5. The van der Waals surface area contributed by atoms with Crippen LogP contribution in [0.25, 0.3) is 0 Å². The van der Waals surface area contributed by atoms with Crippen molar-refractivity contribution in [3.05, 3.63) is 99.0 Å². The first-order chi connectivity index (χ1) is 20.1. The van der Waals surface area contributed by atoms with Gasteiger partial charge in [0, 0.05) is 11.1 Å². The smallest absolute Gasteiger partial charge is 0.343 e. The third-order valence-electron chi connectivity index (χ3n) is 8.51. The number of esters is 1. The number of aryl methyl sites for hydroxylation is 1. The molecule has 8 nitrogen and oxygen atoms in total. The Morgan fingerprint density at radius 2 is 1.38 bits per heavy atom. The van der Waals surface area contributed by atoms with Crippen molar-refractivity contribution in [1.82, 2.24) is 10.0 Å². The van der Waals surface area contributed by atoms with Crippen LogP contribution in [0.3, 0.4) is 0 Å². The second kappa shape index (κ2) is 11.0. The van der Waals surface area contributed by atoms with E-state index in [4.69, 9.17) is 27.9 Å². The van der Waals surface area contributed by atoms with Crippen molar-refractivity contribution in [3.63, 3.8) is 0 Å². The van der Waals surface area contributed by atoms with Crippen molar-refractivity contribution in [1.29, 1.82) is 0 Å². The van der Waals surface area contributed by atoms with E-state index >= 15 is 0 Å². The molecule has 10 heteroatoms. The third-order valence-corrected chi connectivity index (χ3v) is 9.25. The zero-order valence-electron chi connectivity index (χ0n) is 22.6. The maximum absolute atomic E-state index is 13.8. The van der Waals surface area contributed by atoms with Crippen molar-refractivity contribution in [2.24, 2.45) is 23.7 Å². The van der Waals surface area contributed by atoms with Gasteiger partial charge in [-0.15, -0.1) is 0 Å². The SMILES string of the molecule is Cc1ccc(C(=O)Oc2ccc(C(=O)CN(C(=O)c3ccc(Cl)c(Cl)c3)N3C(=O)[C@@H]4[C@H]5CC[C@@H](C5)[C@@H]4C3=O)cc2)cc1. The van der Waals surface area contributed by atoms with E-state index in [0.717, 1.165) is 34.8 Å². The van der Waals surface area contributed by atoms with E-state index in [-0.39, 0.29) is 38.8 Å². The van der Waals surface area contributed by atoms with Gasteiger partial charge in [-0.05, 0) is 92.6 Å². The Morgan fingerprint density at radius 3 is 1.98 bits per heavy atom. The maximum Gasteiger partial charge on any atom is 0.343 e. The summed E-state index contributed by atoms with van der Waals surface area (Å²) in [6.45, 7) is 1.35. The molecule has 214 valence electrons. The van der Waals surface area contributed by atoms with E-state index < -0.39 is 47.9 Å². The lowest BCUT2D eigenvalue weighted by molar-refractivity contribution is -0.155. The number of halogens is 2. The summed E-state index contributed by atoms with van der Waals surface area (Å²) in [6.07, 6.45) is 2.58. The monoisotopic (exact) mass is 604 g/mol. The van der Waals surface area contributed by atoms with Gasteiger partial charge >= 0.3 is 5.97 Å². The molecule has 0 radical (unpaired) electrons. The van der Waals surface area contributed by atoms with Crippen molar-refractivity contribution in [3.8, 4) is 5.75 Å². The van der Waals surface area contributed by atoms with E-state index in [1.54, 1.807) is 24.3 Å². The molecule has 3 amide bonds. The molecule has 0 unspecified atom stereocenters. The number of hydrogen-bond acceptors (Lipinski definition) is 6. The molecule has 4 atom stereocenters. The van der Waals surface area contributed by atoms with Gasteiger partial charge in [0.25, 0.3) is 17.7 Å². The Hall–Kier alpha value is -4.01. The van der Waals surface area contributed by atoms with Crippen LogP contribution in [0.4, 0.5) is 0 Å². The van der Waals surface area contributed by atoms with Gasteiger partial charge < -0.3 is 4.74 Å². The number of benzene rings is 3. The summed E-state index contributed by atoms with van der Waals surface area (Å²) in [6, 6.07) is 17.0. The number of imide groups is 1. The van der Waals surface area contributed by atoms with E-state index in [2.05, 4.69) is 0 Å². The van der Waals surface area contributed by atoms with E-state index in [1.807, 2.05) is 6.92 Å². The molecular formula is C32H26Cl2N2O6. The van der Waals surface area contributed by atoms with E-state index in [0.29, 0.717) is 5.56 Å². The second-order valence-electron chi connectivity index (χ2n) is 11.1. The summed E-state index contributed by atoms with van der Waals surface area (Å²) in [5, 5.41) is 2.16. The third kappa shape index (κ3) is 4.99. The highest BCUT2D eigenvalue weighted by Crippen LogP contribution is 2.56. The molecule has 1 aliphatic heterocycles. The Kier molecular flexibility index (Phi) is 7.37. The number of nitrogens with zero attached hydrogens (tertiary/aromatic N) is 2. The molecule has 0 N–H and O–H groups in total. The van der Waals surface area contributed by atoms with Gasteiger partial charge in [-0.1, -0.05) is 40.9 Å². The van der Waals surface area contributed by atoms with Gasteiger partial charge in [0.2, 0.25) is 0 Å². The fourth-order valence-corrected chi connectivity index (χ4v) is 6.73.